The SMILES string of the molecule is C=C1NC(=O)C(C)=CN1[C@@H]1C[C@H](OP(=O)(O)O)[C@H](CO)O1. The van der Waals surface area contributed by atoms with Crippen LogP contribution in [0.4, 0.5) is 0 Å². The average molecular weight is 320 g/mol. The number of nitrogens with one attached hydrogen (secondary N) is 1. The van der Waals surface area contributed by atoms with Crippen LogP contribution >= 0.6 is 7.82 Å². The van der Waals surface area contributed by atoms with Gasteiger partial charge < -0.3 is 29.8 Å². The molecule has 0 aliphatic carbocycles. The Bertz CT molecular complexity index is 529. The van der Waals surface area contributed by atoms with Gasteiger partial charge in [0.05, 0.1) is 6.61 Å². The monoisotopic (exact) mass is 320 g/mol. The third kappa shape index (κ3) is 3.70. The van der Waals surface area contributed by atoms with Gasteiger partial charge in [0.15, 0.2) is 0 Å². The summed E-state index contributed by atoms with van der Waals surface area (Å²) in [6.07, 6.45) is -0.849. The van der Waals surface area contributed by atoms with Gasteiger partial charge in [-0.25, -0.2) is 4.57 Å². The van der Waals surface area contributed by atoms with Crippen LogP contribution in [0, 0.1) is 0 Å². The van der Waals surface area contributed by atoms with Crippen LogP contribution in [-0.2, 0) is 18.6 Å². The van der Waals surface area contributed by atoms with Crippen molar-refractivity contribution in [3.05, 3.63) is 24.2 Å². The Balaban J connectivity index is 2.14. The number of carbonyl (C=O) groups excluding carboxylic acids is 1. The van der Waals surface area contributed by atoms with Crippen molar-refractivity contribution in [1.82, 2.24) is 10.2 Å². The molecule has 4 N–H and O–H groups in total. The second kappa shape index (κ2) is 5.88. The highest BCUT2D eigenvalue weighted by atomic mass is 31.2. The molecule has 1 saturated heterocycles. The Morgan fingerprint density at radius 1 is 1.62 bits per heavy atom. The second-order valence-electron chi connectivity index (χ2n) is 4.80. The first-order valence-electron chi connectivity index (χ1n) is 6.18. The summed E-state index contributed by atoms with van der Waals surface area (Å²) in [6, 6.07) is 0. The quantitative estimate of drug-likeness (QED) is 0.504. The summed E-state index contributed by atoms with van der Waals surface area (Å²) in [5.74, 6) is 0.0000852. The predicted octanol–water partition coefficient (Wildman–Crippen LogP) is -0.622. The minimum atomic E-state index is -4.69. The maximum Gasteiger partial charge on any atom is 0.469 e. The molecule has 0 saturated carbocycles. The lowest BCUT2D eigenvalue weighted by Crippen LogP contribution is -2.42. The van der Waals surface area contributed by atoms with Gasteiger partial charge >= 0.3 is 7.82 Å². The molecule has 1 fully saturated rings. The molecule has 2 rings (SSSR count). The van der Waals surface area contributed by atoms with Crippen LogP contribution in [0.25, 0.3) is 0 Å². The van der Waals surface area contributed by atoms with E-state index < -0.39 is 32.9 Å². The standard InChI is InChI=1S/C11H17N2O7P/c1-6-4-13(7(2)12-11(6)15)10-3-8(9(5-14)19-10)20-21(16,17)18/h4,8-10,14H,2-3,5H2,1H3,(H,12,15)(H2,16,17,18)/t8-,9-,10-/m0/s1. The first-order chi connectivity index (χ1) is 9.71. The average Bonchev–Trinajstić information content (AvgIpc) is 2.74. The first kappa shape index (κ1) is 16.2. The van der Waals surface area contributed by atoms with E-state index in [0.29, 0.717) is 5.57 Å². The van der Waals surface area contributed by atoms with E-state index in [2.05, 4.69) is 16.4 Å². The van der Waals surface area contributed by atoms with Crippen molar-refractivity contribution >= 4 is 13.7 Å². The van der Waals surface area contributed by atoms with Gasteiger partial charge in [0.1, 0.15) is 24.3 Å². The van der Waals surface area contributed by atoms with Crippen molar-refractivity contribution in [1.29, 1.82) is 0 Å². The van der Waals surface area contributed by atoms with Crippen molar-refractivity contribution in [2.75, 3.05) is 6.61 Å². The minimum absolute atomic E-state index is 0.106. The van der Waals surface area contributed by atoms with E-state index in [1.165, 1.54) is 11.1 Å². The Labute approximate surface area is 121 Å². The highest BCUT2D eigenvalue weighted by molar-refractivity contribution is 7.46. The lowest BCUT2D eigenvalue weighted by molar-refractivity contribution is -0.118. The lowest BCUT2D eigenvalue weighted by Gasteiger charge is -2.32. The van der Waals surface area contributed by atoms with E-state index in [1.807, 2.05) is 0 Å². The normalized spacial score (nSPS) is 30.4. The Morgan fingerprint density at radius 2 is 2.29 bits per heavy atom. The zero-order chi connectivity index (χ0) is 15.8. The van der Waals surface area contributed by atoms with Gasteiger partial charge in [-0.05, 0) is 6.92 Å². The molecule has 0 spiro atoms. The van der Waals surface area contributed by atoms with E-state index in [0.717, 1.165) is 0 Å². The van der Waals surface area contributed by atoms with Crippen molar-refractivity contribution in [3.8, 4) is 0 Å². The number of aliphatic hydroxyl groups excluding tert-OH is 1. The summed E-state index contributed by atoms with van der Waals surface area (Å²) in [7, 11) is -4.69. The summed E-state index contributed by atoms with van der Waals surface area (Å²) < 4.78 is 21.1. The second-order valence-corrected chi connectivity index (χ2v) is 5.99. The molecule has 0 unspecified atom stereocenters. The molecule has 0 bridgehead atoms. The van der Waals surface area contributed by atoms with Crippen LogP contribution in [0.15, 0.2) is 24.2 Å². The smallest absolute Gasteiger partial charge is 0.394 e. The number of amides is 1. The maximum atomic E-state index is 11.5. The zero-order valence-corrected chi connectivity index (χ0v) is 12.2. The molecule has 118 valence electrons. The maximum absolute atomic E-state index is 11.5. The number of rotatable bonds is 4. The highest BCUT2D eigenvalue weighted by Gasteiger charge is 2.42. The number of aliphatic hydroxyl groups is 1. The van der Waals surface area contributed by atoms with Crippen molar-refractivity contribution in [3.63, 3.8) is 0 Å². The largest absolute Gasteiger partial charge is 0.469 e. The van der Waals surface area contributed by atoms with Crippen molar-refractivity contribution in [2.24, 2.45) is 0 Å². The van der Waals surface area contributed by atoms with E-state index in [9.17, 15) is 14.5 Å². The molecule has 3 atom stereocenters. The van der Waals surface area contributed by atoms with E-state index in [4.69, 9.17) is 14.5 Å². The number of hydrogen-bond donors (Lipinski definition) is 4. The van der Waals surface area contributed by atoms with Crippen LogP contribution in [-0.4, -0.2) is 50.7 Å². The van der Waals surface area contributed by atoms with Gasteiger partial charge in [-0.1, -0.05) is 6.58 Å². The summed E-state index contributed by atoms with van der Waals surface area (Å²) in [5.41, 5.74) is 0.436. The molecule has 0 radical (unpaired) electrons. The summed E-state index contributed by atoms with van der Waals surface area (Å²) in [5, 5.41) is 11.8. The summed E-state index contributed by atoms with van der Waals surface area (Å²) in [6.45, 7) is 4.85. The van der Waals surface area contributed by atoms with E-state index >= 15 is 0 Å². The molecule has 9 nitrogen and oxygen atoms in total. The van der Waals surface area contributed by atoms with Crippen LogP contribution in [0.5, 0.6) is 0 Å². The number of phosphoric ester groups is 1. The molecule has 1 amide bonds. The van der Waals surface area contributed by atoms with Crippen molar-refractivity contribution in [2.45, 2.75) is 31.8 Å². The third-order valence-corrected chi connectivity index (χ3v) is 3.75. The lowest BCUT2D eigenvalue weighted by atomic mass is 10.1. The van der Waals surface area contributed by atoms with Crippen LogP contribution in [0.1, 0.15) is 13.3 Å². The molecule has 2 aliphatic heterocycles. The number of hydrogen-bond acceptors (Lipinski definition) is 6. The third-order valence-electron chi connectivity index (χ3n) is 3.20. The first-order valence-corrected chi connectivity index (χ1v) is 7.71. The molecule has 10 heteroatoms. The zero-order valence-electron chi connectivity index (χ0n) is 11.3. The molecular formula is C11H17N2O7P. The Hall–Kier alpha value is -1.22. The predicted molar refractivity (Wildman–Crippen MR) is 70.2 cm³/mol. The molecular weight excluding hydrogens is 303 g/mol. The minimum Gasteiger partial charge on any atom is -0.394 e. The van der Waals surface area contributed by atoms with Crippen LogP contribution in [0.2, 0.25) is 0 Å². The number of carbonyl (C=O) groups is 1. The van der Waals surface area contributed by atoms with Gasteiger partial charge in [0.2, 0.25) is 0 Å². The van der Waals surface area contributed by atoms with Crippen molar-refractivity contribution < 1.29 is 33.5 Å². The van der Waals surface area contributed by atoms with Crippen LogP contribution < -0.4 is 5.32 Å². The molecule has 0 aromatic carbocycles. The fourth-order valence-electron chi connectivity index (χ4n) is 2.22. The van der Waals surface area contributed by atoms with Gasteiger partial charge in [-0.15, -0.1) is 0 Å². The summed E-state index contributed by atoms with van der Waals surface area (Å²) in [4.78, 5) is 30.7. The highest BCUT2D eigenvalue weighted by Crippen LogP contribution is 2.42. The van der Waals surface area contributed by atoms with Gasteiger partial charge in [0.25, 0.3) is 5.91 Å². The number of ether oxygens (including phenoxy) is 1. The van der Waals surface area contributed by atoms with Crippen LogP contribution in [0.3, 0.4) is 0 Å². The fraction of sp³-hybridized carbons (Fsp3) is 0.545. The fourth-order valence-corrected chi connectivity index (χ4v) is 2.79. The molecule has 2 aliphatic rings. The van der Waals surface area contributed by atoms with Gasteiger partial charge in [-0.3, -0.25) is 9.32 Å². The van der Waals surface area contributed by atoms with E-state index in [-0.39, 0.29) is 18.1 Å². The topological polar surface area (TPSA) is 129 Å². The Morgan fingerprint density at radius 3 is 2.86 bits per heavy atom. The molecule has 21 heavy (non-hydrogen) atoms. The van der Waals surface area contributed by atoms with Gasteiger partial charge in [-0.2, -0.15) is 0 Å². The molecule has 2 heterocycles. The number of nitrogens with zero attached hydrogens (tertiary/aromatic N) is 1. The summed E-state index contributed by atoms with van der Waals surface area (Å²) >= 11 is 0. The van der Waals surface area contributed by atoms with Gasteiger partial charge in [0, 0.05) is 18.2 Å². The van der Waals surface area contributed by atoms with E-state index in [1.54, 1.807) is 6.92 Å². The number of phosphoric acid groups is 1. The molecule has 0 aromatic rings. The Kier molecular flexibility index (Phi) is 4.52. The molecule has 0 aromatic heterocycles.